The number of likely N-dealkylation sites (tertiary alicyclic amines) is 1. The molecule has 3 atom stereocenters. The molecule has 2 heterocycles. The quantitative estimate of drug-likeness (QED) is 0.808. The number of rotatable bonds is 3. The molecule has 3 unspecified atom stereocenters. The van der Waals surface area contributed by atoms with Gasteiger partial charge in [0.05, 0.1) is 6.04 Å². The average Bonchev–Trinajstić information content (AvgIpc) is 3.04. The molecule has 5 heteroatoms. The number of benzene rings is 2. The summed E-state index contributed by atoms with van der Waals surface area (Å²) in [6.45, 7) is 1.49. The Morgan fingerprint density at radius 2 is 1.39 bits per heavy atom. The third-order valence-corrected chi connectivity index (χ3v) is 5.88. The molecule has 0 aromatic heterocycles. The van der Waals surface area contributed by atoms with Crippen LogP contribution in [0.2, 0.25) is 0 Å². The highest BCUT2D eigenvalue weighted by molar-refractivity contribution is 6.02. The summed E-state index contributed by atoms with van der Waals surface area (Å²) in [5, 5.41) is 0. The highest BCUT2D eigenvalue weighted by atomic mass is 16.2. The molecule has 2 aliphatic heterocycles. The van der Waals surface area contributed by atoms with Crippen LogP contribution in [0.3, 0.4) is 0 Å². The molecule has 2 aromatic carbocycles. The lowest BCUT2D eigenvalue weighted by atomic mass is 9.75. The topological polar surface area (TPSA) is 61.4 Å². The van der Waals surface area contributed by atoms with E-state index in [4.69, 9.17) is 0 Å². The Morgan fingerprint density at radius 3 is 2.00 bits per heavy atom. The summed E-state index contributed by atoms with van der Waals surface area (Å²) >= 11 is 0. The molecule has 0 radical (unpaired) electrons. The zero-order chi connectivity index (χ0) is 19.3. The van der Waals surface area contributed by atoms with Gasteiger partial charge in [-0.3, -0.25) is 15.0 Å². The van der Waals surface area contributed by atoms with E-state index in [2.05, 4.69) is 10.9 Å². The van der Waals surface area contributed by atoms with Crippen LogP contribution >= 0.6 is 0 Å². The van der Waals surface area contributed by atoms with Crippen LogP contribution in [0.5, 0.6) is 0 Å². The first-order chi connectivity index (χ1) is 13.8. The Bertz CT molecular complexity index is 801. The second kappa shape index (κ2) is 8.57. The number of hydrogen-bond donors (Lipinski definition) is 2. The van der Waals surface area contributed by atoms with E-state index in [0.717, 1.165) is 49.9 Å². The van der Waals surface area contributed by atoms with Crippen molar-refractivity contribution in [1.82, 2.24) is 15.8 Å². The fraction of sp³-hybridized carbons (Fsp3) is 0.391. The monoisotopic (exact) mass is 377 g/mol. The number of carbonyl (C=O) groups is 2. The van der Waals surface area contributed by atoms with Crippen molar-refractivity contribution >= 4 is 11.8 Å². The minimum atomic E-state index is -0.730. The van der Waals surface area contributed by atoms with Crippen molar-refractivity contribution in [2.75, 3.05) is 13.1 Å². The van der Waals surface area contributed by atoms with Crippen molar-refractivity contribution in [3.63, 3.8) is 0 Å². The molecule has 2 aliphatic rings. The number of nitrogens with zero attached hydrogens (tertiary/aromatic N) is 1. The lowest BCUT2D eigenvalue weighted by Gasteiger charge is -2.40. The van der Waals surface area contributed by atoms with Crippen LogP contribution in [-0.4, -0.2) is 29.8 Å². The molecule has 5 nitrogen and oxygen atoms in total. The average molecular weight is 377 g/mol. The lowest BCUT2D eigenvalue weighted by molar-refractivity contribution is -0.146. The van der Waals surface area contributed by atoms with Crippen LogP contribution in [0.25, 0.3) is 0 Å². The predicted octanol–water partition coefficient (Wildman–Crippen LogP) is 3.16. The summed E-state index contributed by atoms with van der Waals surface area (Å²) < 4.78 is 0. The fourth-order valence-electron chi connectivity index (χ4n) is 4.44. The lowest BCUT2D eigenvalue weighted by Crippen LogP contribution is -2.58. The van der Waals surface area contributed by atoms with E-state index in [9.17, 15) is 9.59 Å². The molecule has 0 aliphatic carbocycles. The second-order valence-corrected chi connectivity index (χ2v) is 7.68. The first-order valence-corrected chi connectivity index (χ1v) is 10.2. The number of nitrogens with one attached hydrogen (secondary N) is 2. The highest BCUT2D eigenvalue weighted by Crippen LogP contribution is 2.40. The van der Waals surface area contributed by atoms with E-state index in [-0.39, 0.29) is 23.8 Å². The van der Waals surface area contributed by atoms with E-state index < -0.39 is 5.92 Å². The van der Waals surface area contributed by atoms with Gasteiger partial charge in [0.2, 0.25) is 11.8 Å². The van der Waals surface area contributed by atoms with Crippen LogP contribution in [0.15, 0.2) is 60.7 Å². The van der Waals surface area contributed by atoms with Gasteiger partial charge in [0.15, 0.2) is 0 Å². The van der Waals surface area contributed by atoms with E-state index >= 15 is 0 Å². The molecule has 2 fully saturated rings. The maximum Gasteiger partial charge on any atom is 0.247 e. The highest BCUT2D eigenvalue weighted by Gasteiger charge is 2.46. The third-order valence-electron chi connectivity index (χ3n) is 5.88. The van der Waals surface area contributed by atoms with Crippen LogP contribution in [0.4, 0.5) is 0 Å². The van der Waals surface area contributed by atoms with Crippen molar-refractivity contribution in [1.29, 1.82) is 0 Å². The third kappa shape index (κ3) is 3.80. The largest absolute Gasteiger partial charge is 0.342 e. The summed E-state index contributed by atoms with van der Waals surface area (Å²) in [5.74, 6) is -1.27. The molecule has 28 heavy (non-hydrogen) atoms. The SMILES string of the molecule is O=C1NNC(c2ccccc2)C(c2ccccc2)C1C(=O)N1CCCCCC1. The van der Waals surface area contributed by atoms with Gasteiger partial charge in [-0.25, -0.2) is 5.43 Å². The van der Waals surface area contributed by atoms with Crippen LogP contribution in [-0.2, 0) is 9.59 Å². The predicted molar refractivity (Wildman–Crippen MR) is 108 cm³/mol. The van der Waals surface area contributed by atoms with E-state index in [1.807, 2.05) is 65.6 Å². The van der Waals surface area contributed by atoms with Crippen molar-refractivity contribution in [2.45, 2.75) is 37.6 Å². The fourth-order valence-corrected chi connectivity index (χ4v) is 4.44. The summed E-state index contributed by atoms with van der Waals surface area (Å²) in [7, 11) is 0. The Kier molecular flexibility index (Phi) is 5.72. The maximum atomic E-state index is 13.5. The maximum absolute atomic E-state index is 13.5. The van der Waals surface area contributed by atoms with Crippen LogP contribution in [0.1, 0.15) is 48.8 Å². The molecular weight excluding hydrogens is 350 g/mol. The van der Waals surface area contributed by atoms with Gasteiger partial charge in [-0.05, 0) is 24.0 Å². The number of carbonyl (C=O) groups excluding carboxylic acids is 2. The first kappa shape index (κ1) is 18.7. The Labute approximate surface area is 166 Å². The molecule has 2 saturated heterocycles. The zero-order valence-corrected chi connectivity index (χ0v) is 16.0. The smallest absolute Gasteiger partial charge is 0.247 e. The second-order valence-electron chi connectivity index (χ2n) is 7.68. The first-order valence-electron chi connectivity index (χ1n) is 10.2. The molecule has 2 N–H and O–H groups in total. The standard InChI is InChI=1S/C23H27N3O2/c27-22-20(23(28)26-15-9-1-2-10-16-26)19(17-11-5-3-6-12-17)21(24-25-22)18-13-7-4-8-14-18/h3-8,11-14,19-21,24H,1-2,9-10,15-16H2,(H,25,27). The number of hydrazine groups is 1. The number of amides is 2. The van der Waals surface area contributed by atoms with Gasteiger partial charge >= 0.3 is 0 Å². The van der Waals surface area contributed by atoms with E-state index in [0.29, 0.717) is 0 Å². The Hall–Kier alpha value is -2.66. The molecule has 4 rings (SSSR count). The summed E-state index contributed by atoms with van der Waals surface area (Å²) in [4.78, 5) is 28.3. The van der Waals surface area contributed by atoms with Gasteiger partial charge in [0, 0.05) is 19.0 Å². The Morgan fingerprint density at radius 1 is 0.821 bits per heavy atom. The van der Waals surface area contributed by atoms with Crippen LogP contribution < -0.4 is 10.9 Å². The molecular formula is C23H27N3O2. The van der Waals surface area contributed by atoms with E-state index in [1.54, 1.807) is 0 Å². The van der Waals surface area contributed by atoms with Crippen LogP contribution in [0, 0.1) is 5.92 Å². The molecule has 0 spiro atoms. The van der Waals surface area contributed by atoms with Gasteiger partial charge < -0.3 is 4.90 Å². The van der Waals surface area contributed by atoms with Gasteiger partial charge in [-0.1, -0.05) is 73.5 Å². The summed E-state index contributed by atoms with van der Waals surface area (Å²) in [6, 6.07) is 19.8. The van der Waals surface area contributed by atoms with Crippen molar-refractivity contribution in [3.8, 4) is 0 Å². The number of hydrogen-bond acceptors (Lipinski definition) is 3. The Balaban J connectivity index is 1.72. The summed E-state index contributed by atoms with van der Waals surface area (Å²) in [6.07, 6.45) is 4.32. The summed E-state index contributed by atoms with van der Waals surface area (Å²) in [5.41, 5.74) is 8.01. The molecule has 146 valence electrons. The van der Waals surface area contributed by atoms with Crippen molar-refractivity contribution in [2.24, 2.45) is 5.92 Å². The van der Waals surface area contributed by atoms with Gasteiger partial charge in [0.25, 0.3) is 0 Å². The molecule has 2 aromatic rings. The van der Waals surface area contributed by atoms with Crippen molar-refractivity contribution in [3.05, 3.63) is 71.8 Å². The van der Waals surface area contributed by atoms with Gasteiger partial charge in [-0.15, -0.1) is 0 Å². The molecule has 0 saturated carbocycles. The van der Waals surface area contributed by atoms with Gasteiger partial charge in [0.1, 0.15) is 5.92 Å². The zero-order valence-electron chi connectivity index (χ0n) is 16.0. The van der Waals surface area contributed by atoms with Gasteiger partial charge in [-0.2, -0.15) is 0 Å². The minimum absolute atomic E-state index is 0.0457. The van der Waals surface area contributed by atoms with E-state index in [1.165, 1.54) is 0 Å². The minimum Gasteiger partial charge on any atom is -0.342 e. The van der Waals surface area contributed by atoms with Crippen molar-refractivity contribution < 1.29 is 9.59 Å². The molecule has 0 bridgehead atoms. The molecule has 2 amide bonds. The normalized spacial score (nSPS) is 25.6.